The van der Waals surface area contributed by atoms with Gasteiger partial charge in [0.1, 0.15) is 5.82 Å². The van der Waals surface area contributed by atoms with E-state index in [2.05, 4.69) is 10.6 Å². The van der Waals surface area contributed by atoms with Crippen molar-refractivity contribution in [2.75, 3.05) is 38.0 Å². The molecule has 0 radical (unpaired) electrons. The second-order valence-corrected chi connectivity index (χ2v) is 6.52. The molecule has 30 heavy (non-hydrogen) atoms. The summed E-state index contributed by atoms with van der Waals surface area (Å²) >= 11 is 0. The number of amides is 3. The molecule has 10 N–H and O–H groups in total. The molecule has 0 saturated heterocycles. The number of rotatable bonds is 12. The maximum Gasteiger partial charge on any atom is 0.488 e. The molecular weight excluding hydrogens is 398 g/mol. The molecule has 1 atom stereocenters. The minimum absolute atomic E-state index is 0.00727. The van der Waals surface area contributed by atoms with Crippen LogP contribution >= 0.6 is 0 Å². The summed E-state index contributed by atoms with van der Waals surface area (Å²) in [4.78, 5) is 37.6. The first-order valence-corrected chi connectivity index (χ1v) is 9.35. The van der Waals surface area contributed by atoms with Gasteiger partial charge in [0.2, 0.25) is 17.7 Å². The van der Waals surface area contributed by atoms with Crippen LogP contribution in [0.5, 0.6) is 0 Å². The van der Waals surface area contributed by atoms with E-state index in [9.17, 15) is 18.8 Å². The summed E-state index contributed by atoms with van der Waals surface area (Å²) in [5.74, 6) is -2.30. The van der Waals surface area contributed by atoms with E-state index >= 15 is 0 Å². The third kappa shape index (κ3) is 8.84. The highest BCUT2D eigenvalue weighted by atomic mass is 19.1. The fraction of sp³-hybridized carbons (Fsp3) is 0.471. The lowest BCUT2D eigenvalue weighted by Crippen LogP contribution is -2.45. The fourth-order valence-corrected chi connectivity index (χ4v) is 2.58. The molecule has 13 heteroatoms. The summed E-state index contributed by atoms with van der Waals surface area (Å²) in [5, 5.41) is 22.8. The second-order valence-electron chi connectivity index (χ2n) is 6.52. The maximum atomic E-state index is 13.5. The molecule has 0 bridgehead atoms. The van der Waals surface area contributed by atoms with E-state index in [0.29, 0.717) is 13.1 Å². The topological polar surface area (TPSA) is 197 Å². The first-order valence-electron chi connectivity index (χ1n) is 9.35. The van der Waals surface area contributed by atoms with Crippen LogP contribution in [0.25, 0.3) is 0 Å². The Hall–Kier alpha value is -2.58. The van der Waals surface area contributed by atoms with Crippen molar-refractivity contribution < 1.29 is 28.8 Å². The van der Waals surface area contributed by atoms with Crippen molar-refractivity contribution in [2.24, 2.45) is 17.2 Å². The molecule has 11 nitrogen and oxygen atoms in total. The third-order valence-corrected chi connectivity index (χ3v) is 4.08. The third-order valence-electron chi connectivity index (χ3n) is 4.08. The van der Waals surface area contributed by atoms with Crippen LogP contribution in [0.1, 0.15) is 12.8 Å². The minimum Gasteiger partial charge on any atom is -0.423 e. The molecule has 0 fully saturated rings. The molecule has 0 aliphatic heterocycles. The molecule has 0 heterocycles. The Bertz CT molecular complexity index is 733. The average Bonchev–Trinajstić information content (AvgIpc) is 2.69. The average molecular weight is 426 g/mol. The van der Waals surface area contributed by atoms with Crippen molar-refractivity contribution in [1.29, 1.82) is 0 Å². The van der Waals surface area contributed by atoms with Crippen molar-refractivity contribution in [3.8, 4) is 0 Å². The van der Waals surface area contributed by atoms with Gasteiger partial charge in [0.05, 0.1) is 12.6 Å². The van der Waals surface area contributed by atoms with Crippen LogP contribution in [-0.2, 0) is 14.4 Å². The quantitative estimate of drug-likeness (QED) is 0.166. The Kier molecular flexibility index (Phi) is 10.9. The van der Waals surface area contributed by atoms with E-state index in [0.717, 1.165) is 12.1 Å². The van der Waals surface area contributed by atoms with Gasteiger partial charge >= 0.3 is 7.12 Å². The highest BCUT2D eigenvalue weighted by molar-refractivity contribution is 6.58. The fourth-order valence-electron chi connectivity index (χ4n) is 2.58. The van der Waals surface area contributed by atoms with E-state index in [4.69, 9.17) is 27.2 Å². The van der Waals surface area contributed by atoms with Crippen molar-refractivity contribution >= 4 is 36.0 Å². The largest absolute Gasteiger partial charge is 0.488 e. The number of anilines is 1. The number of hydrogen-bond acceptors (Lipinski definition) is 8. The maximum absolute atomic E-state index is 13.5. The van der Waals surface area contributed by atoms with Crippen LogP contribution < -0.4 is 33.3 Å². The Morgan fingerprint density at radius 3 is 2.33 bits per heavy atom. The van der Waals surface area contributed by atoms with Crippen molar-refractivity contribution in [3.05, 3.63) is 24.0 Å². The molecule has 1 unspecified atom stereocenters. The number of nitrogens with zero attached hydrogens (tertiary/aromatic N) is 1. The number of nitrogens with two attached hydrogens (primary N) is 3. The van der Waals surface area contributed by atoms with E-state index in [1.165, 1.54) is 11.0 Å². The number of benzene rings is 1. The van der Waals surface area contributed by atoms with E-state index in [1.54, 1.807) is 0 Å². The molecule has 0 aliphatic rings. The first kappa shape index (κ1) is 25.5. The van der Waals surface area contributed by atoms with Gasteiger partial charge in [-0.15, -0.1) is 0 Å². The molecule has 0 spiro atoms. The van der Waals surface area contributed by atoms with Crippen LogP contribution in [0.3, 0.4) is 0 Å². The standard InChI is InChI=1S/C17H28BFN6O5/c19-12-7-11(18(29)30)8-13(9-12)24-15(26)10-23-17(28)14(22)1-2-16(27)25(5-3-20)6-4-21/h7-9,14,29-30H,1-6,10,20-22H2,(H,23,28)(H,24,26). The van der Waals surface area contributed by atoms with Crippen LogP contribution in [-0.4, -0.2) is 78.6 Å². The summed E-state index contributed by atoms with van der Waals surface area (Å²) < 4.78 is 13.5. The van der Waals surface area contributed by atoms with Gasteiger partial charge in [0.25, 0.3) is 0 Å². The van der Waals surface area contributed by atoms with E-state index in [-0.39, 0.29) is 43.0 Å². The Labute approximate surface area is 173 Å². The van der Waals surface area contributed by atoms with Crippen molar-refractivity contribution in [2.45, 2.75) is 18.9 Å². The van der Waals surface area contributed by atoms with Gasteiger partial charge in [-0.25, -0.2) is 4.39 Å². The Morgan fingerprint density at radius 1 is 1.13 bits per heavy atom. The van der Waals surface area contributed by atoms with Crippen molar-refractivity contribution in [3.63, 3.8) is 0 Å². The zero-order chi connectivity index (χ0) is 22.7. The lowest BCUT2D eigenvalue weighted by Gasteiger charge is -2.22. The summed E-state index contributed by atoms with van der Waals surface area (Å²) in [6.07, 6.45) is 0.0932. The van der Waals surface area contributed by atoms with E-state index < -0.39 is 37.3 Å². The number of halogens is 1. The number of nitrogens with one attached hydrogen (secondary N) is 2. The van der Waals surface area contributed by atoms with E-state index in [1.807, 2.05) is 0 Å². The Morgan fingerprint density at radius 2 is 1.77 bits per heavy atom. The Balaban J connectivity index is 2.47. The zero-order valence-electron chi connectivity index (χ0n) is 16.5. The lowest BCUT2D eigenvalue weighted by atomic mass is 9.80. The smallest absolute Gasteiger partial charge is 0.423 e. The summed E-state index contributed by atoms with van der Waals surface area (Å²) in [6, 6.07) is 2.06. The van der Waals surface area contributed by atoms with Gasteiger partial charge in [-0.05, 0) is 30.1 Å². The highest BCUT2D eigenvalue weighted by Gasteiger charge is 2.19. The van der Waals surface area contributed by atoms with Gasteiger partial charge in [-0.2, -0.15) is 0 Å². The minimum atomic E-state index is -1.90. The van der Waals surface area contributed by atoms with Crippen LogP contribution in [0.15, 0.2) is 18.2 Å². The molecule has 1 aromatic carbocycles. The summed E-state index contributed by atoms with van der Waals surface area (Å²) in [5.41, 5.74) is 16.5. The molecule has 1 rings (SSSR count). The lowest BCUT2D eigenvalue weighted by molar-refractivity contribution is -0.131. The van der Waals surface area contributed by atoms with Crippen LogP contribution in [0.4, 0.5) is 10.1 Å². The normalized spacial score (nSPS) is 11.5. The monoisotopic (exact) mass is 426 g/mol. The van der Waals surface area contributed by atoms with Gasteiger partial charge in [0, 0.05) is 38.3 Å². The van der Waals surface area contributed by atoms with Crippen LogP contribution in [0, 0.1) is 5.82 Å². The van der Waals surface area contributed by atoms with Crippen LogP contribution in [0.2, 0.25) is 0 Å². The molecule has 0 saturated carbocycles. The summed E-state index contributed by atoms with van der Waals surface area (Å²) in [7, 11) is -1.90. The number of carbonyl (C=O) groups excluding carboxylic acids is 3. The molecular formula is C17H28BFN6O5. The number of carbonyl (C=O) groups is 3. The first-order chi connectivity index (χ1) is 14.2. The number of hydrogen-bond donors (Lipinski definition) is 7. The molecule has 3 amide bonds. The van der Waals surface area contributed by atoms with Gasteiger partial charge in [-0.3, -0.25) is 14.4 Å². The summed E-state index contributed by atoms with van der Waals surface area (Å²) in [6.45, 7) is 0.842. The predicted molar refractivity (Wildman–Crippen MR) is 110 cm³/mol. The SMILES string of the molecule is NCCN(CCN)C(=O)CCC(N)C(=O)NCC(=O)Nc1cc(F)cc(B(O)O)c1. The van der Waals surface area contributed by atoms with Gasteiger partial charge < -0.3 is 42.8 Å². The molecule has 166 valence electrons. The molecule has 0 aliphatic carbocycles. The molecule has 1 aromatic rings. The van der Waals surface area contributed by atoms with Gasteiger partial charge in [0.15, 0.2) is 0 Å². The second kappa shape index (κ2) is 12.9. The van der Waals surface area contributed by atoms with Gasteiger partial charge in [-0.1, -0.05) is 0 Å². The highest BCUT2D eigenvalue weighted by Crippen LogP contribution is 2.08. The van der Waals surface area contributed by atoms with Crippen molar-refractivity contribution in [1.82, 2.24) is 10.2 Å². The molecule has 0 aromatic heterocycles. The predicted octanol–water partition coefficient (Wildman–Crippen LogP) is -3.59. The zero-order valence-corrected chi connectivity index (χ0v) is 16.5.